The van der Waals surface area contributed by atoms with Crippen LogP contribution >= 0.6 is 12.2 Å². The summed E-state index contributed by atoms with van der Waals surface area (Å²) < 4.78 is 2.14. The zero-order chi connectivity index (χ0) is 20.7. The number of nitrogens with zero attached hydrogens (tertiary/aromatic N) is 3. The molecule has 2 aromatic heterocycles. The van der Waals surface area contributed by atoms with Crippen molar-refractivity contribution < 1.29 is 9.90 Å². The summed E-state index contributed by atoms with van der Waals surface area (Å²) in [6, 6.07) is 15.0. The third kappa shape index (κ3) is 3.27. The molecule has 0 amide bonds. The monoisotopic (exact) mass is 406 g/mol. The molecule has 3 aromatic rings. The van der Waals surface area contributed by atoms with Gasteiger partial charge in [0.25, 0.3) is 0 Å². The van der Waals surface area contributed by atoms with Gasteiger partial charge in [-0.25, -0.2) is 4.79 Å². The molecule has 4 rings (SSSR count). The van der Waals surface area contributed by atoms with Crippen LogP contribution in [0.25, 0.3) is 5.69 Å². The van der Waals surface area contributed by atoms with Gasteiger partial charge in [-0.3, -0.25) is 4.98 Å². The second-order valence-corrected chi connectivity index (χ2v) is 7.64. The third-order valence-corrected chi connectivity index (χ3v) is 5.91. The Bertz CT molecular complexity index is 1080. The van der Waals surface area contributed by atoms with Crippen LogP contribution in [-0.2, 0) is 0 Å². The molecule has 2 N–H and O–H groups in total. The Morgan fingerprint density at radius 1 is 1.17 bits per heavy atom. The van der Waals surface area contributed by atoms with Crippen molar-refractivity contribution >= 4 is 23.3 Å². The van der Waals surface area contributed by atoms with Gasteiger partial charge < -0.3 is 19.9 Å². The van der Waals surface area contributed by atoms with E-state index in [0.717, 1.165) is 28.3 Å². The lowest BCUT2D eigenvalue weighted by atomic mass is 9.97. The van der Waals surface area contributed by atoms with Gasteiger partial charge in [0, 0.05) is 30.3 Å². The van der Waals surface area contributed by atoms with Gasteiger partial charge in [-0.05, 0) is 74.1 Å². The molecule has 0 aliphatic carbocycles. The summed E-state index contributed by atoms with van der Waals surface area (Å²) in [6.07, 6.45) is 1.79. The minimum Gasteiger partial charge on any atom is -0.478 e. The number of carboxylic acid groups (broad SMARTS) is 1. The highest BCUT2D eigenvalue weighted by atomic mass is 32.1. The SMILES string of the molecule is Cc1cc([C@H]2[C@@H](c3ccccn3)NC(=S)N2C)c(C)n1-c1ccc(C(=O)O)cc1. The highest BCUT2D eigenvalue weighted by molar-refractivity contribution is 7.80. The molecule has 29 heavy (non-hydrogen) atoms. The van der Waals surface area contributed by atoms with E-state index in [1.807, 2.05) is 37.4 Å². The largest absolute Gasteiger partial charge is 0.478 e. The first kappa shape index (κ1) is 19.1. The van der Waals surface area contributed by atoms with Crippen molar-refractivity contribution in [2.75, 3.05) is 7.05 Å². The van der Waals surface area contributed by atoms with Gasteiger partial charge in [-0.1, -0.05) is 6.07 Å². The quantitative estimate of drug-likeness (QED) is 0.643. The first-order valence-electron chi connectivity index (χ1n) is 9.35. The zero-order valence-electron chi connectivity index (χ0n) is 16.5. The second-order valence-electron chi connectivity index (χ2n) is 7.25. The number of hydrogen-bond acceptors (Lipinski definition) is 3. The van der Waals surface area contributed by atoms with E-state index in [2.05, 4.69) is 39.7 Å². The predicted octanol–water partition coefficient (Wildman–Crippen LogP) is 3.79. The van der Waals surface area contributed by atoms with Crippen LogP contribution in [0.15, 0.2) is 54.7 Å². The van der Waals surface area contributed by atoms with Gasteiger partial charge >= 0.3 is 5.97 Å². The molecule has 0 bridgehead atoms. The first-order valence-corrected chi connectivity index (χ1v) is 9.76. The third-order valence-electron chi connectivity index (χ3n) is 5.50. The molecule has 7 heteroatoms. The van der Waals surface area contributed by atoms with Crippen LogP contribution in [-0.4, -0.2) is 37.7 Å². The van der Waals surface area contributed by atoms with Gasteiger partial charge in [-0.15, -0.1) is 0 Å². The molecule has 148 valence electrons. The summed E-state index contributed by atoms with van der Waals surface area (Å²) in [5.74, 6) is -0.927. The molecule has 1 saturated heterocycles. The van der Waals surface area contributed by atoms with Crippen LogP contribution in [0, 0.1) is 13.8 Å². The molecule has 0 saturated carbocycles. The number of aromatic carboxylic acids is 1. The van der Waals surface area contributed by atoms with Crippen molar-refractivity contribution in [2.45, 2.75) is 25.9 Å². The number of carboxylic acids is 1. The van der Waals surface area contributed by atoms with E-state index in [-0.39, 0.29) is 17.6 Å². The van der Waals surface area contributed by atoms with E-state index < -0.39 is 5.97 Å². The number of likely N-dealkylation sites (N-methyl/N-ethyl adjacent to an activating group) is 1. The Labute approximate surface area is 174 Å². The van der Waals surface area contributed by atoms with E-state index >= 15 is 0 Å². The van der Waals surface area contributed by atoms with Crippen LogP contribution in [0.5, 0.6) is 0 Å². The van der Waals surface area contributed by atoms with Crippen molar-refractivity contribution in [1.29, 1.82) is 0 Å². The van der Waals surface area contributed by atoms with Crippen LogP contribution < -0.4 is 5.32 Å². The maximum atomic E-state index is 11.2. The Hall–Kier alpha value is -3.19. The van der Waals surface area contributed by atoms with Gasteiger partial charge in [0.2, 0.25) is 0 Å². The molecule has 1 aliphatic rings. The number of rotatable bonds is 4. The number of aryl methyl sites for hydroxylation is 1. The van der Waals surface area contributed by atoms with Crippen molar-refractivity contribution in [2.24, 2.45) is 0 Å². The summed E-state index contributed by atoms with van der Waals surface area (Å²) in [7, 11) is 2.00. The molecule has 1 fully saturated rings. The lowest BCUT2D eigenvalue weighted by molar-refractivity contribution is 0.0697. The first-order chi connectivity index (χ1) is 13.9. The molecular weight excluding hydrogens is 384 g/mol. The van der Waals surface area contributed by atoms with Crippen molar-refractivity contribution in [3.05, 3.63) is 82.9 Å². The van der Waals surface area contributed by atoms with Gasteiger partial charge in [0.1, 0.15) is 0 Å². The lowest BCUT2D eigenvalue weighted by Crippen LogP contribution is -2.25. The van der Waals surface area contributed by atoms with E-state index in [0.29, 0.717) is 5.11 Å². The Balaban J connectivity index is 1.78. The fourth-order valence-electron chi connectivity index (χ4n) is 4.08. The van der Waals surface area contributed by atoms with Crippen LogP contribution in [0.3, 0.4) is 0 Å². The maximum Gasteiger partial charge on any atom is 0.335 e. The summed E-state index contributed by atoms with van der Waals surface area (Å²) in [5.41, 5.74) is 5.48. The molecule has 0 radical (unpaired) electrons. The normalized spacial score (nSPS) is 18.7. The fourth-order valence-corrected chi connectivity index (χ4v) is 4.33. The molecule has 6 nitrogen and oxygen atoms in total. The van der Waals surface area contributed by atoms with Crippen LogP contribution in [0.2, 0.25) is 0 Å². The second kappa shape index (κ2) is 7.33. The molecular formula is C22H22N4O2S. The summed E-state index contributed by atoms with van der Waals surface area (Å²) in [6.45, 7) is 4.14. The van der Waals surface area contributed by atoms with E-state index in [9.17, 15) is 4.79 Å². The van der Waals surface area contributed by atoms with Crippen LogP contribution in [0.1, 0.15) is 45.1 Å². The number of nitrogens with one attached hydrogen (secondary N) is 1. The number of hydrogen-bond donors (Lipinski definition) is 2. The van der Waals surface area contributed by atoms with Gasteiger partial charge in [0.15, 0.2) is 5.11 Å². The average molecular weight is 407 g/mol. The number of carbonyl (C=O) groups is 1. The Morgan fingerprint density at radius 2 is 1.90 bits per heavy atom. The molecule has 2 atom stereocenters. The van der Waals surface area contributed by atoms with Gasteiger partial charge in [0.05, 0.1) is 23.3 Å². The molecule has 0 unspecified atom stereocenters. The topological polar surface area (TPSA) is 70.4 Å². The lowest BCUT2D eigenvalue weighted by Gasteiger charge is -2.24. The minimum atomic E-state index is -0.927. The smallest absolute Gasteiger partial charge is 0.335 e. The summed E-state index contributed by atoms with van der Waals surface area (Å²) in [4.78, 5) is 17.8. The minimum absolute atomic E-state index is 0.00985. The number of aromatic nitrogens is 2. The molecule has 0 spiro atoms. The van der Waals surface area contributed by atoms with E-state index in [1.54, 1.807) is 18.3 Å². The summed E-state index contributed by atoms with van der Waals surface area (Å²) in [5, 5.41) is 13.3. The highest BCUT2D eigenvalue weighted by Crippen LogP contribution is 2.40. The van der Waals surface area contributed by atoms with E-state index in [4.69, 9.17) is 17.3 Å². The maximum absolute atomic E-state index is 11.2. The average Bonchev–Trinajstić information content (AvgIpc) is 3.17. The predicted molar refractivity (Wildman–Crippen MR) is 115 cm³/mol. The van der Waals surface area contributed by atoms with E-state index in [1.165, 1.54) is 0 Å². The number of pyridine rings is 1. The Morgan fingerprint density at radius 3 is 2.52 bits per heavy atom. The number of benzene rings is 1. The molecule has 3 heterocycles. The number of thiocarbonyl (C=S) groups is 1. The van der Waals surface area contributed by atoms with Crippen molar-refractivity contribution in [3.63, 3.8) is 0 Å². The van der Waals surface area contributed by atoms with Crippen LogP contribution in [0.4, 0.5) is 0 Å². The summed E-state index contributed by atoms with van der Waals surface area (Å²) >= 11 is 5.54. The molecule has 1 aromatic carbocycles. The standard InChI is InChI=1S/C22H22N4O2S/c1-13-12-17(14(2)26(13)16-9-7-15(8-10-16)21(27)28)20-19(24-22(29)25(20)3)18-6-4-5-11-23-18/h4-12,19-20H,1-3H3,(H,24,29)(H,27,28)/t19-,20+/m1/s1. The van der Waals surface area contributed by atoms with Crippen molar-refractivity contribution in [1.82, 2.24) is 19.8 Å². The van der Waals surface area contributed by atoms with Crippen molar-refractivity contribution in [3.8, 4) is 5.69 Å². The van der Waals surface area contributed by atoms with Gasteiger partial charge in [-0.2, -0.15) is 0 Å². The highest BCUT2D eigenvalue weighted by Gasteiger charge is 2.39. The fraction of sp³-hybridized carbons (Fsp3) is 0.227. The zero-order valence-corrected chi connectivity index (χ0v) is 17.3. The Kier molecular flexibility index (Phi) is 4.84. The molecule has 1 aliphatic heterocycles.